The van der Waals surface area contributed by atoms with E-state index in [1.165, 1.54) is 12.1 Å². The largest absolute Gasteiger partial charge is 0.280 e. The van der Waals surface area contributed by atoms with Gasteiger partial charge in [-0.25, -0.2) is 9.37 Å². The van der Waals surface area contributed by atoms with Crippen LogP contribution in [-0.2, 0) is 0 Å². The minimum absolute atomic E-state index is 0.230. The first-order valence-electron chi connectivity index (χ1n) is 6.68. The van der Waals surface area contributed by atoms with Gasteiger partial charge in [0.1, 0.15) is 5.82 Å². The molecule has 102 valence electrons. The van der Waals surface area contributed by atoms with Crippen LogP contribution in [0.15, 0.2) is 30.3 Å². The quantitative estimate of drug-likeness (QED) is 0.757. The molecular formula is C16H16FN3. The highest BCUT2D eigenvalue weighted by Gasteiger charge is 2.14. The number of nitrogens with one attached hydrogen (secondary N) is 1. The van der Waals surface area contributed by atoms with Crippen LogP contribution in [0.3, 0.4) is 0 Å². The molecule has 0 saturated heterocycles. The maximum atomic E-state index is 13.1. The van der Waals surface area contributed by atoms with Crippen molar-refractivity contribution in [3.63, 3.8) is 0 Å². The fourth-order valence-electron chi connectivity index (χ4n) is 2.35. The molecule has 0 bridgehead atoms. The topological polar surface area (TPSA) is 41.6 Å². The van der Waals surface area contributed by atoms with Gasteiger partial charge in [0.15, 0.2) is 5.65 Å². The molecule has 1 aromatic carbocycles. The predicted molar refractivity (Wildman–Crippen MR) is 78.1 cm³/mol. The Morgan fingerprint density at radius 1 is 1.15 bits per heavy atom. The van der Waals surface area contributed by atoms with Crippen molar-refractivity contribution in [2.75, 3.05) is 0 Å². The first-order chi connectivity index (χ1) is 9.56. The van der Waals surface area contributed by atoms with Gasteiger partial charge in [0, 0.05) is 16.8 Å². The van der Waals surface area contributed by atoms with Crippen molar-refractivity contribution in [1.29, 1.82) is 0 Å². The van der Waals surface area contributed by atoms with Gasteiger partial charge in [0.2, 0.25) is 0 Å². The van der Waals surface area contributed by atoms with Gasteiger partial charge in [0.25, 0.3) is 0 Å². The number of aryl methyl sites for hydroxylation is 1. The maximum absolute atomic E-state index is 13.1. The standard InChI is InChI=1S/C16H16FN3/c1-9(2)14-8-13(11-4-6-12(17)7-5-11)15-10(3)19-20-16(15)18-14/h4-9H,1-3H3,(H,18,19,20). The molecule has 0 saturated carbocycles. The van der Waals surface area contributed by atoms with Crippen LogP contribution in [0.1, 0.15) is 31.2 Å². The fourth-order valence-corrected chi connectivity index (χ4v) is 2.35. The summed E-state index contributed by atoms with van der Waals surface area (Å²) in [5.74, 6) is 0.0858. The minimum Gasteiger partial charge on any atom is -0.280 e. The third-order valence-corrected chi connectivity index (χ3v) is 3.47. The Hall–Kier alpha value is -2.23. The molecule has 0 aliphatic rings. The lowest BCUT2D eigenvalue weighted by Gasteiger charge is -2.09. The fraction of sp³-hybridized carbons (Fsp3) is 0.250. The van der Waals surface area contributed by atoms with E-state index < -0.39 is 0 Å². The minimum atomic E-state index is -0.230. The van der Waals surface area contributed by atoms with Crippen molar-refractivity contribution < 1.29 is 4.39 Å². The lowest BCUT2D eigenvalue weighted by molar-refractivity contribution is 0.628. The molecule has 2 heterocycles. The Balaban J connectivity index is 2.31. The van der Waals surface area contributed by atoms with E-state index in [0.29, 0.717) is 11.6 Å². The van der Waals surface area contributed by atoms with Crippen LogP contribution in [0.2, 0.25) is 0 Å². The summed E-state index contributed by atoms with van der Waals surface area (Å²) in [6.45, 7) is 6.17. The van der Waals surface area contributed by atoms with E-state index in [4.69, 9.17) is 0 Å². The van der Waals surface area contributed by atoms with Gasteiger partial charge in [-0.2, -0.15) is 5.10 Å². The molecule has 0 unspecified atom stereocenters. The summed E-state index contributed by atoms with van der Waals surface area (Å²) in [6.07, 6.45) is 0. The van der Waals surface area contributed by atoms with E-state index in [2.05, 4.69) is 35.1 Å². The SMILES string of the molecule is Cc1[nH]nc2nc(C(C)C)cc(-c3ccc(F)cc3)c12. The second kappa shape index (κ2) is 4.71. The number of halogens is 1. The zero-order valence-corrected chi connectivity index (χ0v) is 11.7. The number of fused-ring (bicyclic) bond motifs is 1. The van der Waals surface area contributed by atoms with E-state index in [1.54, 1.807) is 12.1 Å². The van der Waals surface area contributed by atoms with Crippen LogP contribution in [0, 0.1) is 12.7 Å². The van der Waals surface area contributed by atoms with Gasteiger partial charge in [-0.15, -0.1) is 0 Å². The van der Waals surface area contributed by atoms with Gasteiger partial charge in [-0.3, -0.25) is 5.10 Å². The summed E-state index contributed by atoms with van der Waals surface area (Å²) < 4.78 is 13.1. The van der Waals surface area contributed by atoms with Crippen molar-refractivity contribution in [3.8, 4) is 11.1 Å². The zero-order chi connectivity index (χ0) is 14.3. The molecule has 0 aliphatic heterocycles. The van der Waals surface area contributed by atoms with Gasteiger partial charge in [-0.05, 0) is 42.2 Å². The predicted octanol–water partition coefficient (Wildman–Crippen LogP) is 4.20. The average Bonchev–Trinajstić information content (AvgIpc) is 2.80. The Morgan fingerprint density at radius 2 is 1.85 bits per heavy atom. The molecule has 0 spiro atoms. The van der Waals surface area contributed by atoms with Crippen LogP contribution in [0.25, 0.3) is 22.2 Å². The molecule has 3 aromatic rings. The molecule has 0 atom stereocenters. The number of nitrogens with zero attached hydrogens (tertiary/aromatic N) is 2. The second-order valence-corrected chi connectivity index (χ2v) is 5.30. The van der Waals surface area contributed by atoms with Crippen LogP contribution in [-0.4, -0.2) is 15.2 Å². The summed E-state index contributed by atoms with van der Waals surface area (Å²) in [5, 5.41) is 8.23. The monoisotopic (exact) mass is 269 g/mol. The van der Waals surface area contributed by atoms with Crippen molar-refractivity contribution >= 4 is 11.0 Å². The Morgan fingerprint density at radius 3 is 2.50 bits per heavy atom. The second-order valence-electron chi connectivity index (χ2n) is 5.30. The summed E-state index contributed by atoms with van der Waals surface area (Å²) in [6, 6.07) is 8.61. The summed E-state index contributed by atoms with van der Waals surface area (Å²) in [5.41, 5.74) is 4.70. The molecule has 2 aromatic heterocycles. The smallest absolute Gasteiger partial charge is 0.182 e. The highest BCUT2D eigenvalue weighted by atomic mass is 19.1. The number of hydrogen-bond acceptors (Lipinski definition) is 2. The molecule has 0 radical (unpaired) electrons. The molecule has 1 N–H and O–H groups in total. The summed E-state index contributed by atoms with van der Waals surface area (Å²) in [4.78, 5) is 4.58. The molecule has 4 heteroatoms. The zero-order valence-electron chi connectivity index (χ0n) is 11.7. The van der Waals surface area contributed by atoms with Crippen molar-refractivity contribution in [2.24, 2.45) is 0 Å². The summed E-state index contributed by atoms with van der Waals surface area (Å²) >= 11 is 0. The molecule has 20 heavy (non-hydrogen) atoms. The Bertz CT molecular complexity index is 757. The van der Waals surface area contributed by atoms with Gasteiger partial charge >= 0.3 is 0 Å². The lowest BCUT2D eigenvalue weighted by Crippen LogP contribution is -1.95. The Kier molecular flexibility index (Phi) is 3.01. The van der Waals surface area contributed by atoms with Crippen LogP contribution >= 0.6 is 0 Å². The highest BCUT2D eigenvalue weighted by molar-refractivity contribution is 5.94. The van der Waals surface area contributed by atoms with Crippen molar-refractivity contribution in [1.82, 2.24) is 15.2 Å². The summed E-state index contributed by atoms with van der Waals surface area (Å²) in [7, 11) is 0. The Labute approximate surface area is 116 Å². The third-order valence-electron chi connectivity index (χ3n) is 3.47. The average molecular weight is 269 g/mol. The number of benzene rings is 1. The van der Waals surface area contributed by atoms with Crippen LogP contribution in [0.5, 0.6) is 0 Å². The molecule has 3 rings (SSSR count). The molecule has 0 amide bonds. The number of aromatic nitrogens is 3. The number of hydrogen-bond donors (Lipinski definition) is 1. The van der Waals surface area contributed by atoms with E-state index in [0.717, 1.165) is 27.9 Å². The number of pyridine rings is 1. The maximum Gasteiger partial charge on any atom is 0.182 e. The van der Waals surface area contributed by atoms with Gasteiger partial charge in [-0.1, -0.05) is 26.0 Å². The van der Waals surface area contributed by atoms with Crippen LogP contribution < -0.4 is 0 Å². The van der Waals surface area contributed by atoms with E-state index in [-0.39, 0.29) is 5.82 Å². The molecule has 0 fully saturated rings. The van der Waals surface area contributed by atoms with Gasteiger partial charge in [0.05, 0.1) is 0 Å². The van der Waals surface area contributed by atoms with Crippen molar-refractivity contribution in [2.45, 2.75) is 26.7 Å². The molecule has 3 nitrogen and oxygen atoms in total. The van der Waals surface area contributed by atoms with Crippen LogP contribution in [0.4, 0.5) is 4.39 Å². The van der Waals surface area contributed by atoms with Gasteiger partial charge < -0.3 is 0 Å². The van der Waals surface area contributed by atoms with E-state index >= 15 is 0 Å². The third kappa shape index (κ3) is 2.07. The number of H-pyrrole nitrogens is 1. The lowest BCUT2D eigenvalue weighted by atomic mass is 9.98. The van der Waals surface area contributed by atoms with E-state index in [1.807, 2.05) is 6.92 Å². The number of rotatable bonds is 2. The molecule has 0 aliphatic carbocycles. The normalized spacial score (nSPS) is 11.4. The van der Waals surface area contributed by atoms with E-state index in [9.17, 15) is 4.39 Å². The molecular weight excluding hydrogens is 253 g/mol. The highest BCUT2D eigenvalue weighted by Crippen LogP contribution is 2.31. The van der Waals surface area contributed by atoms with Crippen molar-refractivity contribution in [3.05, 3.63) is 47.5 Å². The number of aromatic amines is 1. The first kappa shape index (κ1) is 12.8. The first-order valence-corrected chi connectivity index (χ1v) is 6.68.